The van der Waals surface area contributed by atoms with Gasteiger partial charge in [-0.25, -0.2) is 31.9 Å². The second-order valence-corrected chi connectivity index (χ2v) is 16.1. The Bertz CT molecular complexity index is 3200. The number of methoxy groups -OCH3 is 2. The summed E-state index contributed by atoms with van der Waals surface area (Å²) in [4.78, 5) is 39.1. The summed E-state index contributed by atoms with van der Waals surface area (Å²) in [5.74, 6) is -2.63. The van der Waals surface area contributed by atoms with E-state index in [2.05, 4.69) is 57.0 Å². The maximum Gasteiger partial charge on any atom is 0.337 e. The lowest BCUT2D eigenvalue weighted by Gasteiger charge is -2.04. The summed E-state index contributed by atoms with van der Waals surface area (Å²) in [7, 11) is 7.80. The largest absolute Gasteiger partial charge is 0.478 e. The molecule has 1 fully saturated rings. The van der Waals surface area contributed by atoms with Crippen LogP contribution in [0.4, 0.5) is 17.6 Å². The molecule has 1 saturated heterocycles. The lowest BCUT2D eigenvalue weighted by Crippen LogP contribution is -2.13. The number of likely N-dealkylation sites (tertiary alicyclic amines) is 1. The first-order valence-electron chi connectivity index (χ1n) is 20.7. The highest BCUT2D eigenvalue weighted by atomic mass is 79.9. The van der Waals surface area contributed by atoms with Crippen LogP contribution in [-0.4, -0.2) is 94.7 Å². The van der Waals surface area contributed by atoms with Crippen LogP contribution in [0.3, 0.4) is 0 Å². The van der Waals surface area contributed by atoms with E-state index in [0.29, 0.717) is 69.3 Å². The van der Waals surface area contributed by atoms with Gasteiger partial charge in [0, 0.05) is 97.7 Å². The molecule has 0 unspecified atom stereocenters. The van der Waals surface area contributed by atoms with Crippen molar-refractivity contribution in [3.8, 4) is 51.0 Å². The zero-order valence-electron chi connectivity index (χ0n) is 37.8. The van der Waals surface area contributed by atoms with Gasteiger partial charge in [0.05, 0.1) is 54.0 Å². The molecule has 0 spiro atoms. The number of benzene rings is 4. The third-order valence-electron chi connectivity index (χ3n) is 10.3. The Kier molecular flexibility index (Phi) is 16.8. The van der Waals surface area contributed by atoms with Crippen LogP contribution in [0.2, 0.25) is 0 Å². The second-order valence-electron chi connectivity index (χ2n) is 15.2. The van der Waals surface area contributed by atoms with Gasteiger partial charge in [0.25, 0.3) is 5.89 Å². The number of esters is 2. The highest BCUT2D eigenvalue weighted by molar-refractivity contribution is 9.10. The summed E-state index contributed by atoms with van der Waals surface area (Å²) in [5, 5.41) is 33.7. The van der Waals surface area contributed by atoms with Crippen LogP contribution in [0.5, 0.6) is 0 Å². The van der Waals surface area contributed by atoms with Crippen LogP contribution >= 0.6 is 15.9 Å². The first kappa shape index (κ1) is 51.0. The highest BCUT2D eigenvalue weighted by Gasteiger charge is 2.28. The fourth-order valence-electron chi connectivity index (χ4n) is 6.75. The number of hydrogen-bond donors (Lipinski definition) is 1. The van der Waals surface area contributed by atoms with Crippen molar-refractivity contribution in [1.82, 2.24) is 44.4 Å². The summed E-state index contributed by atoms with van der Waals surface area (Å²) in [6.45, 7) is 1.30. The molecule has 1 aliphatic heterocycles. The topological polar surface area (TPSA) is 209 Å². The number of carbonyl (C=O) groups is 3. The summed E-state index contributed by atoms with van der Waals surface area (Å²) < 4.78 is 73.4. The summed E-state index contributed by atoms with van der Waals surface area (Å²) in [6.07, 6.45) is 12.6. The molecule has 4 aromatic heterocycles. The molecule has 1 aliphatic rings. The smallest absolute Gasteiger partial charge is 0.337 e. The Hall–Kier alpha value is -8.45. The van der Waals surface area contributed by atoms with Crippen LogP contribution in [0.25, 0.3) is 44.8 Å². The third kappa shape index (κ3) is 12.7. The maximum absolute atomic E-state index is 14.2. The van der Waals surface area contributed by atoms with Gasteiger partial charge in [0.2, 0.25) is 0 Å². The van der Waals surface area contributed by atoms with Crippen molar-refractivity contribution in [2.24, 2.45) is 21.1 Å². The summed E-state index contributed by atoms with van der Waals surface area (Å²) in [6, 6.07) is 16.4. The number of aryl methyl sites for hydroxylation is 3. The zero-order valence-corrected chi connectivity index (χ0v) is 39.4. The van der Waals surface area contributed by atoms with Gasteiger partial charge in [-0.05, 0) is 95.1 Å². The molecule has 0 amide bonds. The number of rotatable bonds is 8. The predicted molar refractivity (Wildman–Crippen MR) is 247 cm³/mol. The minimum absolute atomic E-state index is 0.0558. The van der Waals surface area contributed by atoms with Gasteiger partial charge in [-0.15, -0.1) is 0 Å². The minimum Gasteiger partial charge on any atom is -0.478 e. The third-order valence-corrected chi connectivity index (χ3v) is 10.9. The van der Waals surface area contributed by atoms with E-state index in [0.717, 1.165) is 12.5 Å². The van der Waals surface area contributed by atoms with E-state index >= 15 is 0 Å². The molecule has 0 aliphatic carbocycles. The van der Waals surface area contributed by atoms with E-state index in [1.54, 1.807) is 78.5 Å². The number of nitriles is 1. The van der Waals surface area contributed by atoms with Gasteiger partial charge in [0.15, 0.2) is 12.0 Å². The van der Waals surface area contributed by atoms with Gasteiger partial charge in [0.1, 0.15) is 23.3 Å². The molecule has 8 aromatic rings. The first-order chi connectivity index (χ1) is 33.5. The quantitative estimate of drug-likeness (QED) is 0.0857. The van der Waals surface area contributed by atoms with Crippen LogP contribution in [0.1, 0.15) is 49.2 Å². The number of nitrogens with zero attached hydrogens (tertiary/aromatic N) is 10. The first-order valence-corrected chi connectivity index (χ1v) is 21.5. The Balaban J connectivity index is 0.000000159. The number of hydrogen-bond acceptors (Lipinski definition) is 13. The number of aromatic carboxylic acids is 1. The lowest BCUT2D eigenvalue weighted by molar-refractivity contribution is 0.0591. The molecule has 4 aromatic carbocycles. The van der Waals surface area contributed by atoms with E-state index in [1.165, 1.54) is 79.7 Å². The zero-order chi connectivity index (χ0) is 50.6. The van der Waals surface area contributed by atoms with Crippen LogP contribution in [0, 0.1) is 34.7 Å². The number of carboxylic acid groups (broad SMARTS) is 1. The molecule has 1 N–H and O–H groups in total. The number of carboxylic acids is 1. The molecular formula is C48H41BrF4N10O7. The molecule has 5 heterocycles. The Labute approximate surface area is 405 Å². The average molecular weight is 1030 g/mol. The Morgan fingerprint density at radius 2 is 1.14 bits per heavy atom. The average Bonchev–Trinajstić information content (AvgIpc) is 4.23. The second kappa shape index (κ2) is 23.0. The van der Waals surface area contributed by atoms with Crippen molar-refractivity contribution in [3.63, 3.8) is 0 Å². The summed E-state index contributed by atoms with van der Waals surface area (Å²) >= 11 is 2.96. The molecule has 17 nitrogen and oxygen atoms in total. The summed E-state index contributed by atoms with van der Waals surface area (Å²) in [5.41, 5.74) is 4.21. The maximum atomic E-state index is 14.2. The number of aromatic nitrogens is 8. The number of carbonyl (C=O) groups excluding carboxylic acids is 2. The molecule has 1 atom stereocenters. The van der Waals surface area contributed by atoms with Gasteiger partial charge < -0.3 is 24.0 Å². The van der Waals surface area contributed by atoms with Crippen molar-refractivity contribution in [2.75, 3.05) is 27.3 Å². The van der Waals surface area contributed by atoms with Crippen molar-refractivity contribution in [2.45, 2.75) is 12.3 Å². The Morgan fingerprint density at radius 3 is 1.59 bits per heavy atom. The number of ether oxygens (including phenoxy) is 2. The van der Waals surface area contributed by atoms with Gasteiger partial charge in [-0.1, -0.05) is 5.16 Å². The Morgan fingerprint density at radius 1 is 0.686 bits per heavy atom. The number of halogens is 5. The monoisotopic (exact) mass is 1020 g/mol. The van der Waals surface area contributed by atoms with Gasteiger partial charge >= 0.3 is 17.9 Å². The minimum atomic E-state index is -1.08. The van der Waals surface area contributed by atoms with Crippen molar-refractivity contribution in [1.29, 1.82) is 5.26 Å². The van der Waals surface area contributed by atoms with Crippen molar-refractivity contribution >= 4 is 33.8 Å². The fourth-order valence-corrected chi connectivity index (χ4v) is 7.13. The normalized spacial score (nSPS) is 12.6. The van der Waals surface area contributed by atoms with Crippen molar-refractivity contribution < 1.29 is 51.0 Å². The van der Waals surface area contributed by atoms with Crippen LogP contribution in [0.15, 0.2) is 119 Å². The fraction of sp³-hybridized carbons (Fsp3) is 0.188. The van der Waals surface area contributed by atoms with Gasteiger partial charge in [-0.2, -0.15) is 25.5 Å². The molecule has 0 radical (unpaired) electrons. The van der Waals surface area contributed by atoms with Crippen LogP contribution in [-0.2, 0) is 30.6 Å². The molecular weight excluding hydrogens is 984 g/mol. The van der Waals surface area contributed by atoms with Gasteiger partial charge in [-0.3, -0.25) is 14.0 Å². The molecule has 0 bridgehead atoms. The highest BCUT2D eigenvalue weighted by Crippen LogP contribution is 2.31. The van der Waals surface area contributed by atoms with E-state index in [4.69, 9.17) is 14.9 Å². The molecule has 22 heteroatoms. The van der Waals surface area contributed by atoms with E-state index in [1.807, 2.05) is 0 Å². The molecule has 0 saturated carbocycles. The predicted octanol–water partition coefficient (Wildman–Crippen LogP) is 8.86. The SMILES string of the molecule is COC(=O)c1ccc(F)c(-c2cnn(C)c2)c1.COC(=O)c1ccc(F)c(Br)c1.Cn1cc(-c2cc(-c3nc([C@@H]4CCN(C#N)C4)no3)ccc2F)cn1.Cn1cc(-c2cc(C(=O)O)ccc2F)cn1. The lowest BCUT2D eigenvalue weighted by atomic mass is 10.1. The standard InChI is InChI=1S/C17H15FN6O.C12H11FN2O2.C11H9FN2O2.C8H6BrFO2/c1-23-8-13(7-20-23)14-6-11(2-3-15(14)18)17-21-16(22-25-17)12-4-5-24(9-12)10-19;1-15-7-9(6-14-15)10-5-8(12(16)17-2)3-4-11(10)13;1-14-6-8(5-13-14)9-4-7(11(15)16)2-3-10(9)12;1-12-8(11)5-2-3-7(10)6(9)4-5/h2-3,6-8,12H,4-5,9H2,1H3;3-7H,1-2H3;2-6H,1H3,(H,15,16);2-4H,1H3/t12-;;;/m1.../s1. The van der Waals surface area contributed by atoms with Crippen molar-refractivity contribution in [3.05, 3.63) is 160 Å². The molecule has 9 rings (SSSR count). The van der Waals surface area contributed by atoms with E-state index in [-0.39, 0.29) is 27.3 Å². The van der Waals surface area contributed by atoms with E-state index < -0.39 is 35.4 Å². The van der Waals surface area contributed by atoms with E-state index in [9.17, 15) is 31.9 Å². The molecule has 360 valence electrons. The molecule has 70 heavy (non-hydrogen) atoms. The van der Waals surface area contributed by atoms with Crippen LogP contribution < -0.4 is 0 Å².